The van der Waals surface area contributed by atoms with Crippen LogP contribution < -0.4 is 5.32 Å². The number of aryl methyl sites for hydroxylation is 1. The largest absolute Gasteiger partial charge is 0.303 e. The summed E-state index contributed by atoms with van der Waals surface area (Å²) < 4.78 is 0. The Balaban J connectivity index is 1.80. The first kappa shape index (κ1) is 10.2. The van der Waals surface area contributed by atoms with Gasteiger partial charge in [-0.05, 0) is 13.0 Å². The second-order valence-electron chi connectivity index (χ2n) is 3.15. The molecule has 0 radical (unpaired) electrons. The minimum absolute atomic E-state index is 0.680. The van der Waals surface area contributed by atoms with Crippen molar-refractivity contribution in [3.8, 4) is 0 Å². The molecule has 4 nitrogen and oxygen atoms in total. The van der Waals surface area contributed by atoms with Crippen LogP contribution in [0.25, 0.3) is 0 Å². The molecule has 0 aromatic carbocycles. The Hall–Kier alpha value is -1.33. The molecule has 2 aromatic rings. The van der Waals surface area contributed by atoms with Crippen molar-refractivity contribution < 1.29 is 0 Å². The molecular formula is C10H12N4S. The van der Waals surface area contributed by atoms with E-state index in [9.17, 15) is 0 Å². The zero-order valence-electron chi connectivity index (χ0n) is 8.47. The van der Waals surface area contributed by atoms with Crippen LogP contribution in [-0.2, 0) is 13.1 Å². The van der Waals surface area contributed by atoms with Crippen LogP contribution in [-0.4, -0.2) is 15.0 Å². The van der Waals surface area contributed by atoms with Gasteiger partial charge in [-0.1, -0.05) is 0 Å². The van der Waals surface area contributed by atoms with Crippen LogP contribution in [0, 0.1) is 6.92 Å². The summed E-state index contributed by atoms with van der Waals surface area (Å²) >= 11 is 1.67. The highest BCUT2D eigenvalue weighted by molar-refractivity contribution is 7.09. The van der Waals surface area contributed by atoms with Crippen LogP contribution in [0.1, 0.15) is 16.5 Å². The molecule has 2 heterocycles. The SMILES string of the molecule is Cc1csc(CNCc2ncccn2)n1. The van der Waals surface area contributed by atoms with Crippen molar-refractivity contribution in [3.05, 3.63) is 40.4 Å². The molecule has 0 aliphatic carbocycles. The molecule has 0 bridgehead atoms. The van der Waals surface area contributed by atoms with E-state index in [4.69, 9.17) is 0 Å². The Kier molecular flexibility index (Phi) is 3.37. The smallest absolute Gasteiger partial charge is 0.141 e. The van der Waals surface area contributed by atoms with Gasteiger partial charge in [0.05, 0.1) is 6.54 Å². The van der Waals surface area contributed by atoms with Gasteiger partial charge in [-0.3, -0.25) is 0 Å². The third-order valence-corrected chi connectivity index (χ3v) is 2.81. The molecule has 0 amide bonds. The molecule has 0 fully saturated rings. The zero-order chi connectivity index (χ0) is 10.5. The van der Waals surface area contributed by atoms with Crippen molar-refractivity contribution in [2.45, 2.75) is 20.0 Å². The van der Waals surface area contributed by atoms with Crippen LogP contribution in [0.5, 0.6) is 0 Å². The molecule has 0 aliphatic heterocycles. The molecule has 0 spiro atoms. The van der Waals surface area contributed by atoms with Gasteiger partial charge in [0, 0.05) is 30.0 Å². The summed E-state index contributed by atoms with van der Waals surface area (Å²) in [6.07, 6.45) is 3.50. The van der Waals surface area contributed by atoms with Gasteiger partial charge in [-0.2, -0.15) is 0 Å². The topological polar surface area (TPSA) is 50.7 Å². The maximum atomic E-state index is 4.36. The van der Waals surface area contributed by atoms with Gasteiger partial charge < -0.3 is 5.32 Å². The molecular weight excluding hydrogens is 208 g/mol. The predicted molar refractivity (Wildman–Crippen MR) is 59.4 cm³/mol. The van der Waals surface area contributed by atoms with Gasteiger partial charge in [0.25, 0.3) is 0 Å². The van der Waals surface area contributed by atoms with E-state index in [1.807, 2.05) is 13.0 Å². The second-order valence-corrected chi connectivity index (χ2v) is 4.09. The van der Waals surface area contributed by atoms with E-state index in [0.29, 0.717) is 6.54 Å². The van der Waals surface area contributed by atoms with E-state index < -0.39 is 0 Å². The molecule has 2 aromatic heterocycles. The third-order valence-electron chi connectivity index (χ3n) is 1.85. The second kappa shape index (κ2) is 4.95. The number of hydrogen-bond donors (Lipinski definition) is 1. The van der Waals surface area contributed by atoms with E-state index in [1.54, 1.807) is 23.7 Å². The summed E-state index contributed by atoms with van der Waals surface area (Å²) in [5.41, 5.74) is 1.08. The maximum absolute atomic E-state index is 4.36. The molecule has 0 saturated heterocycles. The van der Waals surface area contributed by atoms with Gasteiger partial charge in [0.1, 0.15) is 10.8 Å². The lowest BCUT2D eigenvalue weighted by Crippen LogP contribution is -2.14. The number of aromatic nitrogens is 3. The Bertz CT molecular complexity index is 412. The van der Waals surface area contributed by atoms with E-state index in [1.165, 1.54) is 0 Å². The molecule has 1 N–H and O–H groups in total. The molecule has 2 rings (SSSR count). The fourth-order valence-corrected chi connectivity index (χ4v) is 1.93. The first-order valence-electron chi connectivity index (χ1n) is 4.72. The maximum Gasteiger partial charge on any atom is 0.141 e. The lowest BCUT2D eigenvalue weighted by atomic mass is 10.5. The Morgan fingerprint density at radius 1 is 1.27 bits per heavy atom. The lowest BCUT2D eigenvalue weighted by Gasteiger charge is -2.00. The minimum Gasteiger partial charge on any atom is -0.303 e. The fourth-order valence-electron chi connectivity index (χ4n) is 1.19. The lowest BCUT2D eigenvalue weighted by molar-refractivity contribution is 0.659. The summed E-state index contributed by atoms with van der Waals surface area (Å²) in [6.45, 7) is 3.45. The van der Waals surface area contributed by atoms with Gasteiger partial charge in [0.2, 0.25) is 0 Å². The van der Waals surface area contributed by atoms with Crippen molar-refractivity contribution in [1.82, 2.24) is 20.3 Å². The van der Waals surface area contributed by atoms with Crippen LogP contribution in [0.4, 0.5) is 0 Å². The number of nitrogens with one attached hydrogen (secondary N) is 1. The first-order chi connectivity index (χ1) is 7.34. The fraction of sp³-hybridized carbons (Fsp3) is 0.300. The van der Waals surface area contributed by atoms with E-state index in [-0.39, 0.29) is 0 Å². The van der Waals surface area contributed by atoms with Gasteiger partial charge in [-0.25, -0.2) is 15.0 Å². The average molecular weight is 220 g/mol. The minimum atomic E-state index is 0.680. The average Bonchev–Trinajstić information content (AvgIpc) is 2.66. The number of rotatable bonds is 4. The van der Waals surface area contributed by atoms with Crippen LogP contribution in [0.3, 0.4) is 0 Å². The van der Waals surface area contributed by atoms with Crippen molar-refractivity contribution >= 4 is 11.3 Å². The van der Waals surface area contributed by atoms with Crippen molar-refractivity contribution in [1.29, 1.82) is 0 Å². The normalized spacial score (nSPS) is 10.5. The molecule has 0 unspecified atom stereocenters. The standard InChI is InChI=1S/C10H12N4S/c1-8-7-15-10(14-8)6-11-5-9-12-3-2-4-13-9/h2-4,7,11H,5-6H2,1H3. The summed E-state index contributed by atoms with van der Waals surface area (Å²) in [5, 5.41) is 6.41. The number of thiazole rings is 1. The van der Waals surface area contributed by atoms with E-state index in [0.717, 1.165) is 23.1 Å². The van der Waals surface area contributed by atoms with Crippen molar-refractivity contribution in [2.24, 2.45) is 0 Å². The highest BCUT2D eigenvalue weighted by Crippen LogP contribution is 2.07. The molecule has 0 aliphatic rings. The van der Waals surface area contributed by atoms with E-state index in [2.05, 4.69) is 25.6 Å². The first-order valence-corrected chi connectivity index (χ1v) is 5.60. The molecule has 0 atom stereocenters. The van der Waals surface area contributed by atoms with Gasteiger partial charge in [-0.15, -0.1) is 11.3 Å². The summed E-state index contributed by atoms with van der Waals surface area (Å²) in [5.74, 6) is 0.811. The quantitative estimate of drug-likeness (QED) is 0.849. The zero-order valence-corrected chi connectivity index (χ0v) is 9.29. The van der Waals surface area contributed by atoms with Crippen LogP contribution in [0.2, 0.25) is 0 Å². The number of nitrogens with zero attached hydrogens (tertiary/aromatic N) is 3. The van der Waals surface area contributed by atoms with Crippen LogP contribution in [0.15, 0.2) is 23.8 Å². The van der Waals surface area contributed by atoms with E-state index >= 15 is 0 Å². The monoisotopic (exact) mass is 220 g/mol. The van der Waals surface area contributed by atoms with Crippen molar-refractivity contribution in [2.75, 3.05) is 0 Å². The Morgan fingerprint density at radius 2 is 2.07 bits per heavy atom. The van der Waals surface area contributed by atoms with Gasteiger partial charge >= 0.3 is 0 Å². The number of hydrogen-bond acceptors (Lipinski definition) is 5. The molecule has 15 heavy (non-hydrogen) atoms. The molecule has 0 saturated carbocycles. The molecule has 5 heteroatoms. The third kappa shape index (κ3) is 3.07. The summed E-state index contributed by atoms with van der Waals surface area (Å²) in [4.78, 5) is 12.6. The Morgan fingerprint density at radius 3 is 2.73 bits per heavy atom. The molecule has 78 valence electrons. The van der Waals surface area contributed by atoms with Gasteiger partial charge in [0.15, 0.2) is 0 Å². The summed E-state index contributed by atoms with van der Waals surface area (Å²) in [7, 11) is 0. The Labute approximate surface area is 92.4 Å². The highest BCUT2D eigenvalue weighted by Gasteiger charge is 1.98. The summed E-state index contributed by atoms with van der Waals surface area (Å²) in [6, 6.07) is 1.81. The highest BCUT2D eigenvalue weighted by atomic mass is 32.1. The van der Waals surface area contributed by atoms with Crippen molar-refractivity contribution in [3.63, 3.8) is 0 Å². The van der Waals surface area contributed by atoms with Crippen LogP contribution >= 0.6 is 11.3 Å². The predicted octanol–water partition coefficient (Wildman–Crippen LogP) is 1.53.